The van der Waals surface area contributed by atoms with Crippen LogP contribution in [0.15, 0.2) is 24.3 Å². The summed E-state index contributed by atoms with van der Waals surface area (Å²) in [5, 5.41) is 0. The fraction of sp³-hybridized carbons (Fsp3) is 0.571. The Morgan fingerprint density at radius 1 is 1.25 bits per heavy atom. The largest absolute Gasteiger partial charge is 0.326 e. The highest BCUT2D eigenvalue weighted by Crippen LogP contribution is 2.18. The molecular weight excluding hydrogens is 196 g/mol. The predicted molar refractivity (Wildman–Crippen MR) is 68.2 cm³/mol. The van der Waals surface area contributed by atoms with Crippen LogP contribution in [0.3, 0.4) is 0 Å². The lowest BCUT2D eigenvalue weighted by molar-refractivity contribution is 0.221. The molecule has 16 heavy (non-hydrogen) atoms. The van der Waals surface area contributed by atoms with Crippen LogP contribution in [0.25, 0.3) is 0 Å². The Labute approximate surface area is 98.4 Å². The maximum absolute atomic E-state index is 6.13. The van der Waals surface area contributed by atoms with Crippen molar-refractivity contribution in [2.75, 3.05) is 13.1 Å². The number of hydrogen-bond donors (Lipinski definition) is 1. The number of hydrogen-bond acceptors (Lipinski definition) is 2. The van der Waals surface area contributed by atoms with Crippen LogP contribution in [0.5, 0.6) is 0 Å². The maximum atomic E-state index is 6.13. The lowest BCUT2D eigenvalue weighted by Gasteiger charge is -2.31. The quantitative estimate of drug-likeness (QED) is 0.841. The molecule has 1 heterocycles. The first-order valence-corrected chi connectivity index (χ1v) is 6.21. The zero-order valence-corrected chi connectivity index (χ0v) is 10.3. The molecule has 2 nitrogen and oxygen atoms in total. The van der Waals surface area contributed by atoms with Crippen molar-refractivity contribution in [2.24, 2.45) is 11.7 Å². The van der Waals surface area contributed by atoms with Gasteiger partial charge >= 0.3 is 0 Å². The van der Waals surface area contributed by atoms with E-state index in [4.69, 9.17) is 5.73 Å². The Balaban J connectivity index is 1.98. The molecule has 0 aliphatic carbocycles. The van der Waals surface area contributed by atoms with E-state index < -0.39 is 0 Å². The lowest BCUT2D eigenvalue weighted by Crippen LogP contribution is -2.42. The molecule has 1 atom stereocenters. The molecule has 1 aromatic carbocycles. The minimum Gasteiger partial charge on any atom is -0.326 e. The minimum absolute atomic E-state index is 0.297. The van der Waals surface area contributed by atoms with Crippen molar-refractivity contribution in [2.45, 2.75) is 32.9 Å². The number of rotatable bonds is 3. The van der Waals surface area contributed by atoms with Gasteiger partial charge in [-0.2, -0.15) is 0 Å². The van der Waals surface area contributed by atoms with E-state index in [9.17, 15) is 0 Å². The second kappa shape index (κ2) is 4.98. The van der Waals surface area contributed by atoms with Crippen LogP contribution in [0.2, 0.25) is 0 Å². The number of fused-ring (bicyclic) bond motifs is 1. The van der Waals surface area contributed by atoms with E-state index in [1.54, 1.807) is 0 Å². The molecule has 0 spiro atoms. The third-order valence-electron chi connectivity index (χ3n) is 3.54. The molecule has 0 bridgehead atoms. The van der Waals surface area contributed by atoms with Crippen LogP contribution in [-0.2, 0) is 13.0 Å². The Bertz CT molecular complexity index is 346. The van der Waals surface area contributed by atoms with Gasteiger partial charge in [-0.15, -0.1) is 0 Å². The first-order chi connectivity index (χ1) is 7.66. The number of nitrogens with two attached hydrogens (primary N) is 1. The second-order valence-electron chi connectivity index (χ2n) is 5.16. The van der Waals surface area contributed by atoms with Crippen molar-refractivity contribution in [3.63, 3.8) is 0 Å². The molecule has 0 saturated heterocycles. The van der Waals surface area contributed by atoms with E-state index in [1.807, 2.05) is 0 Å². The van der Waals surface area contributed by atoms with Gasteiger partial charge in [0.25, 0.3) is 0 Å². The van der Waals surface area contributed by atoms with Crippen molar-refractivity contribution in [1.82, 2.24) is 4.90 Å². The summed E-state index contributed by atoms with van der Waals surface area (Å²) >= 11 is 0. The topological polar surface area (TPSA) is 29.3 Å². The average molecular weight is 218 g/mol. The Morgan fingerprint density at radius 2 is 1.94 bits per heavy atom. The summed E-state index contributed by atoms with van der Waals surface area (Å²) in [6.07, 6.45) is 1.17. The molecule has 2 heteroatoms. The minimum atomic E-state index is 0.297. The standard InChI is InChI=1S/C14H22N2/c1-11(2)14(15)10-16-8-7-12-5-3-4-6-13(12)9-16/h3-6,11,14H,7-10,15H2,1-2H3/t14-/m1/s1. The summed E-state index contributed by atoms with van der Waals surface area (Å²) in [5.41, 5.74) is 9.11. The highest BCUT2D eigenvalue weighted by atomic mass is 15.1. The Hall–Kier alpha value is -0.860. The zero-order valence-electron chi connectivity index (χ0n) is 10.3. The molecule has 0 saturated carbocycles. The molecule has 0 fully saturated rings. The van der Waals surface area contributed by atoms with Crippen LogP contribution in [0, 0.1) is 5.92 Å². The van der Waals surface area contributed by atoms with Gasteiger partial charge in [-0.3, -0.25) is 4.90 Å². The average Bonchev–Trinajstić information content (AvgIpc) is 2.28. The lowest BCUT2D eigenvalue weighted by atomic mass is 9.98. The van der Waals surface area contributed by atoms with Crippen molar-refractivity contribution in [3.05, 3.63) is 35.4 Å². The summed E-state index contributed by atoms with van der Waals surface area (Å²) < 4.78 is 0. The third-order valence-corrected chi connectivity index (χ3v) is 3.54. The molecule has 1 aliphatic rings. The highest BCUT2D eigenvalue weighted by Gasteiger charge is 2.18. The number of benzene rings is 1. The van der Waals surface area contributed by atoms with Crippen molar-refractivity contribution in [3.8, 4) is 0 Å². The Kier molecular flexibility index (Phi) is 3.62. The van der Waals surface area contributed by atoms with Gasteiger partial charge in [0.2, 0.25) is 0 Å². The van der Waals surface area contributed by atoms with Crippen molar-refractivity contribution >= 4 is 0 Å². The fourth-order valence-corrected chi connectivity index (χ4v) is 2.22. The van der Waals surface area contributed by atoms with Gasteiger partial charge in [0.15, 0.2) is 0 Å². The molecule has 0 unspecified atom stereocenters. The van der Waals surface area contributed by atoms with Gasteiger partial charge in [0, 0.05) is 25.7 Å². The summed E-state index contributed by atoms with van der Waals surface area (Å²) in [5.74, 6) is 0.567. The second-order valence-corrected chi connectivity index (χ2v) is 5.16. The SMILES string of the molecule is CC(C)[C@H](N)CN1CCc2ccccc2C1. The van der Waals surface area contributed by atoms with Crippen LogP contribution >= 0.6 is 0 Å². The van der Waals surface area contributed by atoms with Crippen molar-refractivity contribution < 1.29 is 0 Å². The number of nitrogens with zero attached hydrogens (tertiary/aromatic N) is 1. The highest BCUT2D eigenvalue weighted by molar-refractivity contribution is 5.29. The first kappa shape index (κ1) is 11.6. The van der Waals surface area contributed by atoms with Gasteiger partial charge in [-0.25, -0.2) is 0 Å². The normalized spacial score (nSPS) is 18.5. The fourth-order valence-electron chi connectivity index (χ4n) is 2.22. The smallest absolute Gasteiger partial charge is 0.0237 e. The van der Waals surface area contributed by atoms with Crippen molar-refractivity contribution in [1.29, 1.82) is 0 Å². The molecule has 2 rings (SSSR count). The van der Waals surface area contributed by atoms with Gasteiger partial charge in [-0.05, 0) is 23.5 Å². The molecule has 88 valence electrons. The van der Waals surface area contributed by atoms with E-state index in [1.165, 1.54) is 17.5 Å². The molecule has 0 radical (unpaired) electrons. The van der Waals surface area contributed by atoms with E-state index in [2.05, 4.69) is 43.0 Å². The van der Waals surface area contributed by atoms with Crippen LogP contribution < -0.4 is 5.73 Å². The van der Waals surface area contributed by atoms with Crippen LogP contribution in [0.4, 0.5) is 0 Å². The molecular formula is C14H22N2. The first-order valence-electron chi connectivity index (χ1n) is 6.21. The third kappa shape index (κ3) is 2.63. The summed E-state index contributed by atoms with van der Waals surface area (Å²) in [7, 11) is 0. The van der Waals surface area contributed by atoms with Gasteiger partial charge < -0.3 is 5.73 Å². The Morgan fingerprint density at radius 3 is 2.62 bits per heavy atom. The van der Waals surface area contributed by atoms with E-state index in [-0.39, 0.29) is 0 Å². The molecule has 2 N–H and O–H groups in total. The summed E-state index contributed by atoms with van der Waals surface area (Å²) in [6.45, 7) is 7.63. The zero-order chi connectivity index (χ0) is 11.5. The van der Waals surface area contributed by atoms with Gasteiger partial charge in [0.1, 0.15) is 0 Å². The molecule has 1 aromatic rings. The van der Waals surface area contributed by atoms with Gasteiger partial charge in [-0.1, -0.05) is 38.1 Å². The van der Waals surface area contributed by atoms with Crippen LogP contribution in [0.1, 0.15) is 25.0 Å². The summed E-state index contributed by atoms with van der Waals surface area (Å²) in [6, 6.07) is 9.04. The van der Waals surface area contributed by atoms with E-state index in [0.29, 0.717) is 12.0 Å². The summed E-state index contributed by atoms with van der Waals surface area (Å²) in [4.78, 5) is 2.48. The van der Waals surface area contributed by atoms with E-state index >= 15 is 0 Å². The molecule has 0 amide bonds. The molecule has 1 aliphatic heterocycles. The van der Waals surface area contributed by atoms with Gasteiger partial charge in [0.05, 0.1) is 0 Å². The monoisotopic (exact) mass is 218 g/mol. The maximum Gasteiger partial charge on any atom is 0.0237 e. The molecule has 0 aromatic heterocycles. The van der Waals surface area contributed by atoms with E-state index in [0.717, 1.165) is 19.6 Å². The predicted octanol–water partition coefficient (Wildman–Crippen LogP) is 2.03. The van der Waals surface area contributed by atoms with Crippen LogP contribution in [-0.4, -0.2) is 24.0 Å².